The van der Waals surface area contributed by atoms with Crippen LogP contribution in [-0.2, 0) is 4.79 Å². The molecular formula is C28H22F2N4O3. The van der Waals surface area contributed by atoms with Crippen molar-refractivity contribution in [2.75, 3.05) is 12.4 Å². The summed E-state index contributed by atoms with van der Waals surface area (Å²) in [7, 11) is 1.59. The number of fused-ring (bicyclic) bond motifs is 1. The van der Waals surface area contributed by atoms with Crippen molar-refractivity contribution >= 4 is 28.9 Å². The number of carbonyl (C=O) groups is 1. The van der Waals surface area contributed by atoms with Crippen LogP contribution in [0.4, 0.5) is 14.8 Å². The molecule has 7 nitrogen and oxygen atoms in total. The molecule has 0 amide bonds. The van der Waals surface area contributed by atoms with Crippen LogP contribution in [0, 0.1) is 11.6 Å². The van der Waals surface area contributed by atoms with Gasteiger partial charge in [0.25, 0.3) is 0 Å². The third-order valence-electron chi connectivity index (χ3n) is 6.61. The van der Waals surface area contributed by atoms with Crippen LogP contribution in [0.3, 0.4) is 0 Å². The van der Waals surface area contributed by atoms with Crippen LogP contribution < -0.4 is 15.4 Å². The fourth-order valence-corrected chi connectivity index (χ4v) is 5.02. The second-order valence-corrected chi connectivity index (χ2v) is 8.98. The zero-order valence-electron chi connectivity index (χ0n) is 19.8. The standard InChI is InChI=1S/C28H22F2N4O3/c1-36-23-8-4-2-6-19(23)15-12-21-25(22(35)13-15)26(16-10-17(29)14-18(30)11-16)33-27(31-21)34-28-32-20-7-3-5-9-24(20)37-28/h2-11,14-15,26H,12-13H2,1H3,(H2,31,32,33,34). The molecule has 1 aliphatic heterocycles. The van der Waals surface area contributed by atoms with E-state index in [1.807, 2.05) is 42.5 Å². The molecule has 37 heavy (non-hydrogen) atoms. The molecule has 6 rings (SSSR count). The monoisotopic (exact) mass is 500 g/mol. The number of methoxy groups -OCH3 is 1. The number of hydrogen-bond acceptors (Lipinski definition) is 7. The quantitative estimate of drug-likeness (QED) is 0.378. The number of hydrogen-bond donors (Lipinski definition) is 2. The summed E-state index contributed by atoms with van der Waals surface area (Å²) in [6.45, 7) is 0. The summed E-state index contributed by atoms with van der Waals surface area (Å²) in [6, 6.07) is 17.4. The molecule has 0 bridgehead atoms. The summed E-state index contributed by atoms with van der Waals surface area (Å²) in [6.07, 6.45) is 0.697. The number of rotatable bonds is 4. The van der Waals surface area contributed by atoms with E-state index in [0.29, 0.717) is 34.5 Å². The number of para-hydroxylation sites is 3. The Balaban J connectivity index is 1.40. The number of Topliss-reactive ketones (excluding diaryl/α,β-unsaturated/α-hetero) is 1. The van der Waals surface area contributed by atoms with Gasteiger partial charge in [0.15, 0.2) is 11.4 Å². The van der Waals surface area contributed by atoms with E-state index in [-0.39, 0.29) is 35.7 Å². The molecule has 9 heteroatoms. The number of carbonyl (C=O) groups excluding carboxylic acids is 1. The molecular weight excluding hydrogens is 478 g/mol. The highest BCUT2D eigenvalue weighted by atomic mass is 19.1. The first-order chi connectivity index (χ1) is 18.0. The summed E-state index contributed by atoms with van der Waals surface area (Å²) in [4.78, 5) is 22.5. The molecule has 2 heterocycles. The van der Waals surface area contributed by atoms with Gasteiger partial charge in [-0.25, -0.2) is 13.8 Å². The molecule has 1 aromatic heterocycles. The first-order valence-electron chi connectivity index (χ1n) is 11.8. The van der Waals surface area contributed by atoms with Crippen molar-refractivity contribution in [2.24, 2.45) is 4.99 Å². The lowest BCUT2D eigenvalue weighted by Crippen LogP contribution is -2.40. The number of ether oxygens (including phenoxy) is 1. The average molecular weight is 501 g/mol. The summed E-state index contributed by atoms with van der Waals surface area (Å²) >= 11 is 0. The van der Waals surface area contributed by atoms with Crippen LogP contribution >= 0.6 is 0 Å². The number of oxazole rings is 1. The van der Waals surface area contributed by atoms with Crippen LogP contribution in [0.2, 0.25) is 0 Å². The van der Waals surface area contributed by atoms with Gasteiger partial charge in [0, 0.05) is 29.7 Å². The first kappa shape index (κ1) is 22.9. The summed E-state index contributed by atoms with van der Waals surface area (Å²) in [5, 5.41) is 6.24. The summed E-state index contributed by atoms with van der Waals surface area (Å²) in [5.41, 5.74) is 3.42. The number of guanidine groups is 1. The normalized spacial score (nSPS) is 19.3. The van der Waals surface area contributed by atoms with E-state index in [2.05, 4.69) is 20.6 Å². The van der Waals surface area contributed by atoms with Crippen LogP contribution in [0.1, 0.15) is 35.9 Å². The van der Waals surface area contributed by atoms with Gasteiger partial charge in [-0.05, 0) is 47.9 Å². The number of nitrogens with zero attached hydrogens (tertiary/aromatic N) is 2. The maximum atomic E-state index is 14.2. The van der Waals surface area contributed by atoms with Gasteiger partial charge in [0.05, 0.1) is 7.11 Å². The van der Waals surface area contributed by atoms with Gasteiger partial charge < -0.3 is 14.5 Å². The van der Waals surface area contributed by atoms with E-state index in [0.717, 1.165) is 11.6 Å². The predicted octanol–water partition coefficient (Wildman–Crippen LogP) is 5.63. The number of benzene rings is 3. The Morgan fingerprint density at radius 2 is 1.78 bits per heavy atom. The lowest BCUT2D eigenvalue weighted by Gasteiger charge is -2.34. The number of anilines is 1. The van der Waals surface area contributed by atoms with E-state index >= 15 is 0 Å². The SMILES string of the molecule is COc1ccccc1C1CC(=O)C2=C(C1)NC(Nc1nc3ccccc3o1)=NC2c1cc(F)cc(F)c1. The van der Waals surface area contributed by atoms with Gasteiger partial charge in [-0.15, -0.1) is 0 Å². The van der Waals surface area contributed by atoms with Crippen molar-refractivity contribution in [2.45, 2.75) is 24.8 Å². The predicted molar refractivity (Wildman–Crippen MR) is 134 cm³/mol. The molecule has 2 N–H and O–H groups in total. The maximum absolute atomic E-state index is 14.2. The fourth-order valence-electron chi connectivity index (χ4n) is 5.02. The van der Waals surface area contributed by atoms with Gasteiger partial charge in [0.2, 0.25) is 5.96 Å². The molecule has 2 unspecified atom stereocenters. The Morgan fingerprint density at radius 1 is 1.03 bits per heavy atom. The number of allylic oxidation sites excluding steroid dienone is 1. The minimum atomic E-state index is -0.903. The van der Waals surface area contributed by atoms with Crippen molar-refractivity contribution in [1.29, 1.82) is 0 Å². The lowest BCUT2D eigenvalue weighted by molar-refractivity contribution is -0.116. The second-order valence-electron chi connectivity index (χ2n) is 8.98. The van der Waals surface area contributed by atoms with Crippen LogP contribution in [0.5, 0.6) is 5.75 Å². The lowest BCUT2D eigenvalue weighted by atomic mass is 9.78. The molecule has 0 saturated carbocycles. The smallest absolute Gasteiger partial charge is 0.302 e. The Morgan fingerprint density at radius 3 is 2.57 bits per heavy atom. The van der Waals surface area contributed by atoms with E-state index in [1.54, 1.807) is 13.2 Å². The Kier molecular flexibility index (Phi) is 5.67. The molecule has 0 saturated heterocycles. The minimum absolute atomic E-state index is 0.149. The summed E-state index contributed by atoms with van der Waals surface area (Å²) in [5.74, 6) is -0.827. The van der Waals surface area contributed by atoms with Gasteiger partial charge in [0.1, 0.15) is 28.9 Å². The van der Waals surface area contributed by atoms with Crippen LogP contribution in [-0.4, -0.2) is 23.8 Å². The molecule has 3 aromatic carbocycles. The van der Waals surface area contributed by atoms with E-state index < -0.39 is 17.7 Å². The molecule has 186 valence electrons. The van der Waals surface area contributed by atoms with Crippen molar-refractivity contribution in [3.8, 4) is 5.75 Å². The number of aromatic nitrogens is 1. The molecule has 0 spiro atoms. The molecule has 4 aromatic rings. The van der Waals surface area contributed by atoms with Crippen molar-refractivity contribution in [3.05, 3.63) is 101 Å². The zero-order chi connectivity index (χ0) is 25.5. The highest BCUT2D eigenvalue weighted by molar-refractivity contribution is 6.03. The van der Waals surface area contributed by atoms with Gasteiger partial charge in [-0.3, -0.25) is 10.1 Å². The number of ketones is 1. The maximum Gasteiger partial charge on any atom is 0.302 e. The van der Waals surface area contributed by atoms with Crippen molar-refractivity contribution in [1.82, 2.24) is 10.3 Å². The third kappa shape index (κ3) is 4.33. The molecule has 2 aliphatic rings. The first-order valence-corrected chi connectivity index (χ1v) is 11.8. The average Bonchev–Trinajstić information content (AvgIpc) is 3.29. The van der Waals surface area contributed by atoms with Crippen molar-refractivity contribution in [3.63, 3.8) is 0 Å². The number of nitrogens with one attached hydrogen (secondary N) is 2. The fraction of sp³-hybridized carbons (Fsp3) is 0.179. The van der Waals surface area contributed by atoms with Crippen LogP contribution in [0.15, 0.2) is 87.4 Å². The topological polar surface area (TPSA) is 88.8 Å². The highest BCUT2D eigenvalue weighted by Gasteiger charge is 2.38. The second kappa shape index (κ2) is 9.16. The Bertz CT molecular complexity index is 1540. The Hall–Kier alpha value is -4.53. The van der Waals surface area contributed by atoms with Crippen LogP contribution in [0.25, 0.3) is 11.1 Å². The zero-order valence-corrected chi connectivity index (χ0v) is 19.8. The minimum Gasteiger partial charge on any atom is -0.496 e. The van der Waals surface area contributed by atoms with Gasteiger partial charge >= 0.3 is 6.01 Å². The van der Waals surface area contributed by atoms with E-state index in [9.17, 15) is 13.6 Å². The molecule has 0 radical (unpaired) electrons. The molecule has 2 atom stereocenters. The number of halogens is 2. The summed E-state index contributed by atoms with van der Waals surface area (Å²) < 4.78 is 39.6. The van der Waals surface area contributed by atoms with Gasteiger partial charge in [-0.1, -0.05) is 30.3 Å². The Labute approximate surface area is 210 Å². The van der Waals surface area contributed by atoms with E-state index in [4.69, 9.17) is 9.15 Å². The number of aliphatic imine (C=N–C) groups is 1. The highest BCUT2D eigenvalue weighted by Crippen LogP contribution is 2.43. The third-order valence-corrected chi connectivity index (χ3v) is 6.61. The molecule has 0 fully saturated rings. The van der Waals surface area contributed by atoms with E-state index in [1.165, 1.54) is 12.1 Å². The molecule has 1 aliphatic carbocycles. The van der Waals surface area contributed by atoms with Gasteiger partial charge in [-0.2, -0.15) is 4.98 Å². The van der Waals surface area contributed by atoms with Crippen molar-refractivity contribution < 1.29 is 22.7 Å². The largest absolute Gasteiger partial charge is 0.496 e.